The first-order valence-electron chi connectivity index (χ1n) is 6.13. The molecule has 1 aliphatic carbocycles. The Bertz CT molecular complexity index is 471. The van der Waals surface area contributed by atoms with E-state index in [0.717, 1.165) is 30.4 Å². The topological polar surface area (TPSA) is 75.4 Å². The van der Waals surface area contributed by atoms with Crippen molar-refractivity contribution in [3.05, 3.63) is 18.2 Å². The number of aryl methyl sites for hydroxylation is 1. The second-order valence-electron chi connectivity index (χ2n) is 4.59. The number of carbonyl (C=O) groups excluding carboxylic acids is 1. The molecular formula is C12H17N3O3S. The van der Waals surface area contributed by atoms with Crippen molar-refractivity contribution in [2.45, 2.75) is 25.4 Å². The van der Waals surface area contributed by atoms with Gasteiger partial charge in [-0.05, 0) is 12.8 Å². The molecule has 0 saturated heterocycles. The Morgan fingerprint density at radius 1 is 1.53 bits per heavy atom. The van der Waals surface area contributed by atoms with Crippen LogP contribution < -0.4 is 0 Å². The summed E-state index contributed by atoms with van der Waals surface area (Å²) in [4.78, 5) is 28.6. The smallest absolute Gasteiger partial charge is 0.313 e. The molecule has 0 spiro atoms. The SMILES string of the molecule is Cn1ccnc1CN(C(=O)CSCC(=O)O)C1CC1. The molecule has 0 unspecified atom stereocenters. The van der Waals surface area contributed by atoms with Gasteiger partial charge in [0.05, 0.1) is 18.1 Å². The molecule has 1 aromatic rings. The van der Waals surface area contributed by atoms with Crippen LogP contribution in [0.25, 0.3) is 0 Å². The Morgan fingerprint density at radius 3 is 2.79 bits per heavy atom. The maximum absolute atomic E-state index is 12.1. The molecule has 0 bridgehead atoms. The van der Waals surface area contributed by atoms with Crippen LogP contribution in [-0.2, 0) is 23.2 Å². The van der Waals surface area contributed by atoms with E-state index in [2.05, 4.69) is 4.98 Å². The molecule has 1 saturated carbocycles. The Morgan fingerprint density at radius 2 is 2.26 bits per heavy atom. The number of nitrogens with zero attached hydrogens (tertiary/aromatic N) is 3. The van der Waals surface area contributed by atoms with Gasteiger partial charge in [-0.15, -0.1) is 11.8 Å². The van der Waals surface area contributed by atoms with Crippen LogP contribution in [0.3, 0.4) is 0 Å². The summed E-state index contributed by atoms with van der Waals surface area (Å²) in [5.74, 6) is 0.139. The molecule has 7 heteroatoms. The minimum Gasteiger partial charge on any atom is -0.481 e. The zero-order chi connectivity index (χ0) is 13.8. The fraction of sp³-hybridized carbons (Fsp3) is 0.583. The van der Waals surface area contributed by atoms with Gasteiger partial charge < -0.3 is 14.6 Å². The quantitative estimate of drug-likeness (QED) is 0.798. The molecule has 0 aliphatic heterocycles. The van der Waals surface area contributed by atoms with Crippen LogP contribution >= 0.6 is 11.8 Å². The molecule has 1 amide bonds. The number of thioether (sulfide) groups is 1. The van der Waals surface area contributed by atoms with Gasteiger partial charge in [0, 0.05) is 25.5 Å². The van der Waals surface area contributed by atoms with Gasteiger partial charge in [-0.25, -0.2) is 4.98 Å². The van der Waals surface area contributed by atoms with E-state index in [0.29, 0.717) is 12.6 Å². The number of rotatable bonds is 7. The van der Waals surface area contributed by atoms with Crippen molar-refractivity contribution >= 4 is 23.6 Å². The molecule has 1 aliphatic rings. The number of aliphatic carboxylic acids is 1. The lowest BCUT2D eigenvalue weighted by Gasteiger charge is -2.21. The van der Waals surface area contributed by atoms with Gasteiger partial charge in [-0.1, -0.05) is 0 Å². The van der Waals surface area contributed by atoms with E-state index in [1.807, 2.05) is 22.7 Å². The maximum Gasteiger partial charge on any atom is 0.313 e. The first-order chi connectivity index (χ1) is 9.08. The summed E-state index contributed by atoms with van der Waals surface area (Å²) in [5, 5.41) is 8.57. The van der Waals surface area contributed by atoms with Crippen molar-refractivity contribution in [3.63, 3.8) is 0 Å². The van der Waals surface area contributed by atoms with Crippen LogP contribution in [0.4, 0.5) is 0 Å². The monoisotopic (exact) mass is 283 g/mol. The molecule has 0 atom stereocenters. The first-order valence-corrected chi connectivity index (χ1v) is 7.28. The first kappa shape index (κ1) is 13.9. The molecule has 1 N–H and O–H groups in total. The van der Waals surface area contributed by atoms with Crippen LogP contribution in [0, 0.1) is 0 Å². The minimum atomic E-state index is -0.889. The normalized spacial score (nSPS) is 14.4. The third-order valence-electron chi connectivity index (χ3n) is 2.99. The zero-order valence-electron chi connectivity index (χ0n) is 10.8. The lowest BCUT2D eigenvalue weighted by molar-refractivity contribution is -0.133. The molecule has 1 heterocycles. The molecule has 0 radical (unpaired) electrons. The molecular weight excluding hydrogens is 266 g/mol. The molecule has 0 aromatic carbocycles. The molecule has 19 heavy (non-hydrogen) atoms. The highest BCUT2D eigenvalue weighted by molar-refractivity contribution is 8.00. The fourth-order valence-electron chi connectivity index (χ4n) is 1.82. The molecule has 104 valence electrons. The molecule has 6 nitrogen and oxygen atoms in total. The van der Waals surface area contributed by atoms with Gasteiger partial charge in [-0.3, -0.25) is 9.59 Å². The Balaban J connectivity index is 1.90. The van der Waals surface area contributed by atoms with Crippen molar-refractivity contribution in [2.24, 2.45) is 7.05 Å². The number of amides is 1. The van der Waals surface area contributed by atoms with E-state index in [1.165, 1.54) is 0 Å². The van der Waals surface area contributed by atoms with Gasteiger partial charge in [0.15, 0.2) is 0 Å². The Hall–Kier alpha value is -1.50. The molecule has 1 fully saturated rings. The summed E-state index contributed by atoms with van der Waals surface area (Å²) < 4.78 is 1.90. The Labute approximate surface area is 115 Å². The second kappa shape index (κ2) is 6.10. The van der Waals surface area contributed by atoms with E-state index in [9.17, 15) is 9.59 Å². The van der Waals surface area contributed by atoms with Gasteiger partial charge in [0.25, 0.3) is 0 Å². The highest BCUT2D eigenvalue weighted by Crippen LogP contribution is 2.28. The maximum atomic E-state index is 12.1. The van der Waals surface area contributed by atoms with Crippen LogP contribution in [0.1, 0.15) is 18.7 Å². The van der Waals surface area contributed by atoms with E-state index in [4.69, 9.17) is 5.11 Å². The van der Waals surface area contributed by atoms with Gasteiger partial charge in [-0.2, -0.15) is 0 Å². The van der Waals surface area contributed by atoms with Crippen molar-refractivity contribution in [3.8, 4) is 0 Å². The average Bonchev–Trinajstić information content (AvgIpc) is 3.10. The summed E-state index contributed by atoms with van der Waals surface area (Å²) in [6.45, 7) is 0.501. The highest BCUT2D eigenvalue weighted by Gasteiger charge is 2.33. The van der Waals surface area contributed by atoms with Gasteiger partial charge in [0.2, 0.25) is 5.91 Å². The predicted octanol–water partition coefficient (Wildman–Crippen LogP) is 0.729. The number of imidazole rings is 1. The average molecular weight is 283 g/mol. The van der Waals surface area contributed by atoms with Crippen LogP contribution in [0.5, 0.6) is 0 Å². The number of carbonyl (C=O) groups is 2. The summed E-state index contributed by atoms with van der Waals surface area (Å²) in [6, 6.07) is 0.301. The number of carboxylic acids is 1. The number of carboxylic acid groups (broad SMARTS) is 1. The second-order valence-corrected chi connectivity index (χ2v) is 5.58. The van der Waals surface area contributed by atoms with E-state index in [1.54, 1.807) is 6.20 Å². The Kier molecular flexibility index (Phi) is 4.47. The third-order valence-corrected chi connectivity index (χ3v) is 3.89. The molecule has 1 aromatic heterocycles. The van der Waals surface area contributed by atoms with Crippen molar-refractivity contribution in [2.75, 3.05) is 11.5 Å². The summed E-state index contributed by atoms with van der Waals surface area (Å²) >= 11 is 1.14. The van der Waals surface area contributed by atoms with Crippen LogP contribution in [0.2, 0.25) is 0 Å². The van der Waals surface area contributed by atoms with E-state index >= 15 is 0 Å². The summed E-state index contributed by atoms with van der Waals surface area (Å²) in [7, 11) is 1.90. The highest BCUT2D eigenvalue weighted by atomic mass is 32.2. The van der Waals surface area contributed by atoms with Crippen molar-refractivity contribution < 1.29 is 14.7 Å². The standard InChI is InChI=1S/C12H17N3O3S/c1-14-5-4-13-10(14)6-15(9-2-3-9)11(16)7-19-8-12(17)18/h4-5,9H,2-3,6-8H2,1H3,(H,17,18). The summed E-state index contributed by atoms with van der Waals surface area (Å²) in [6.07, 6.45) is 5.62. The lowest BCUT2D eigenvalue weighted by atomic mass is 10.4. The van der Waals surface area contributed by atoms with Crippen molar-refractivity contribution in [1.29, 1.82) is 0 Å². The number of aromatic nitrogens is 2. The predicted molar refractivity (Wildman–Crippen MR) is 71.7 cm³/mol. The lowest BCUT2D eigenvalue weighted by Crippen LogP contribution is -2.35. The minimum absolute atomic E-state index is 0.00301. The van der Waals surface area contributed by atoms with Crippen LogP contribution in [-0.4, -0.2) is 49.0 Å². The fourth-order valence-corrected chi connectivity index (χ4v) is 2.43. The zero-order valence-corrected chi connectivity index (χ0v) is 11.6. The summed E-state index contributed by atoms with van der Waals surface area (Å²) in [5.41, 5.74) is 0. The van der Waals surface area contributed by atoms with Crippen LogP contribution in [0.15, 0.2) is 12.4 Å². The number of hydrogen-bond donors (Lipinski definition) is 1. The van der Waals surface area contributed by atoms with E-state index in [-0.39, 0.29) is 17.4 Å². The number of hydrogen-bond acceptors (Lipinski definition) is 4. The van der Waals surface area contributed by atoms with Gasteiger partial charge in [0.1, 0.15) is 5.82 Å². The van der Waals surface area contributed by atoms with Crippen molar-refractivity contribution in [1.82, 2.24) is 14.5 Å². The third kappa shape index (κ3) is 3.99. The van der Waals surface area contributed by atoms with E-state index < -0.39 is 5.97 Å². The largest absolute Gasteiger partial charge is 0.481 e. The molecule has 2 rings (SSSR count). The van der Waals surface area contributed by atoms with Gasteiger partial charge >= 0.3 is 5.97 Å².